The van der Waals surface area contributed by atoms with Crippen molar-refractivity contribution >= 4 is 22.7 Å². The number of nitrogens with zero attached hydrogens (tertiary/aromatic N) is 2. The highest BCUT2D eigenvalue weighted by atomic mass is 32.1. The Bertz CT molecular complexity index is 579. The van der Waals surface area contributed by atoms with Crippen LogP contribution in [0.3, 0.4) is 0 Å². The van der Waals surface area contributed by atoms with Gasteiger partial charge in [0.25, 0.3) is 0 Å². The van der Waals surface area contributed by atoms with E-state index in [4.69, 9.17) is 0 Å². The van der Waals surface area contributed by atoms with Gasteiger partial charge in [0, 0.05) is 0 Å². The number of nitro groups is 2. The molecule has 0 spiro atoms. The Labute approximate surface area is 99.4 Å². The third-order valence-electron chi connectivity index (χ3n) is 2.16. The molecule has 0 atom stereocenters. The van der Waals surface area contributed by atoms with E-state index < -0.39 is 21.2 Å². The first kappa shape index (κ1) is 11.2. The number of benzene rings is 1. The minimum atomic E-state index is -0.735. The third-order valence-corrected chi connectivity index (χ3v) is 3.17. The van der Waals surface area contributed by atoms with Crippen LogP contribution in [-0.4, -0.2) is 9.85 Å². The molecule has 1 aromatic carbocycles. The molecule has 0 amide bonds. The molecule has 7 heteroatoms. The SMILES string of the molecule is O=[N+]([O-])c1csc(-c2ccccc2)c1[N+](=O)[O-]. The first-order valence-corrected chi connectivity index (χ1v) is 5.45. The molecule has 0 N–H and O–H groups in total. The lowest BCUT2D eigenvalue weighted by atomic mass is 10.1. The van der Waals surface area contributed by atoms with Gasteiger partial charge in [-0.15, -0.1) is 11.3 Å². The molecule has 0 fully saturated rings. The van der Waals surface area contributed by atoms with Crippen molar-refractivity contribution in [3.05, 3.63) is 55.9 Å². The normalized spacial score (nSPS) is 10.1. The van der Waals surface area contributed by atoms with Gasteiger partial charge in [0.1, 0.15) is 4.88 Å². The van der Waals surface area contributed by atoms with Crippen molar-refractivity contribution in [1.29, 1.82) is 0 Å². The summed E-state index contributed by atoms with van der Waals surface area (Å²) in [6.45, 7) is 0. The Morgan fingerprint density at radius 1 is 1.00 bits per heavy atom. The smallest absolute Gasteiger partial charge is 0.258 e. The molecule has 0 bridgehead atoms. The van der Waals surface area contributed by atoms with Crippen LogP contribution in [0.1, 0.15) is 0 Å². The van der Waals surface area contributed by atoms with Crippen molar-refractivity contribution in [3.63, 3.8) is 0 Å². The van der Waals surface area contributed by atoms with Crippen molar-refractivity contribution in [1.82, 2.24) is 0 Å². The van der Waals surface area contributed by atoms with E-state index in [0.29, 0.717) is 10.4 Å². The monoisotopic (exact) mass is 250 g/mol. The molecule has 0 unspecified atom stereocenters. The van der Waals surface area contributed by atoms with Crippen molar-refractivity contribution in [2.24, 2.45) is 0 Å². The first-order valence-electron chi connectivity index (χ1n) is 4.57. The van der Waals surface area contributed by atoms with Gasteiger partial charge in [-0.25, -0.2) is 0 Å². The summed E-state index contributed by atoms with van der Waals surface area (Å²) in [4.78, 5) is 20.4. The van der Waals surface area contributed by atoms with E-state index in [2.05, 4.69) is 0 Å². The van der Waals surface area contributed by atoms with Crippen LogP contribution in [0.4, 0.5) is 11.4 Å². The number of hydrogen-bond donors (Lipinski definition) is 0. The van der Waals surface area contributed by atoms with Crippen molar-refractivity contribution in [2.45, 2.75) is 0 Å². The molecule has 0 radical (unpaired) electrons. The molecule has 2 aromatic rings. The molecule has 1 heterocycles. The Hall–Kier alpha value is -2.28. The number of hydrogen-bond acceptors (Lipinski definition) is 5. The van der Waals surface area contributed by atoms with Gasteiger partial charge in [-0.2, -0.15) is 0 Å². The van der Waals surface area contributed by atoms with Gasteiger partial charge in [0.05, 0.1) is 15.2 Å². The van der Waals surface area contributed by atoms with Crippen LogP contribution in [0.5, 0.6) is 0 Å². The van der Waals surface area contributed by atoms with E-state index in [-0.39, 0.29) is 0 Å². The maximum absolute atomic E-state index is 10.9. The van der Waals surface area contributed by atoms with Crippen LogP contribution < -0.4 is 0 Å². The van der Waals surface area contributed by atoms with Gasteiger partial charge in [-0.05, 0) is 5.56 Å². The summed E-state index contributed by atoms with van der Waals surface area (Å²) in [5.74, 6) is 0. The van der Waals surface area contributed by atoms with Crippen LogP contribution in [-0.2, 0) is 0 Å². The Kier molecular flexibility index (Phi) is 2.84. The van der Waals surface area contributed by atoms with E-state index >= 15 is 0 Å². The molecule has 2 rings (SSSR count). The van der Waals surface area contributed by atoms with E-state index in [1.165, 1.54) is 5.38 Å². The zero-order valence-corrected chi connectivity index (χ0v) is 9.22. The minimum Gasteiger partial charge on any atom is -0.258 e. The molecule has 0 saturated carbocycles. The topological polar surface area (TPSA) is 86.3 Å². The van der Waals surface area contributed by atoms with E-state index in [1.54, 1.807) is 30.3 Å². The highest BCUT2D eigenvalue weighted by Gasteiger charge is 2.31. The molecule has 0 aliphatic carbocycles. The fraction of sp³-hybridized carbons (Fsp3) is 0. The minimum absolute atomic E-state index is 0.308. The van der Waals surface area contributed by atoms with Crippen molar-refractivity contribution < 1.29 is 9.85 Å². The second kappa shape index (κ2) is 4.30. The molecule has 0 saturated heterocycles. The lowest BCUT2D eigenvalue weighted by molar-refractivity contribution is -0.421. The van der Waals surface area contributed by atoms with E-state index in [1.807, 2.05) is 0 Å². The summed E-state index contributed by atoms with van der Waals surface area (Å²) in [6.07, 6.45) is 0. The summed E-state index contributed by atoms with van der Waals surface area (Å²) >= 11 is 1.00. The van der Waals surface area contributed by atoms with Gasteiger partial charge in [-0.1, -0.05) is 30.3 Å². The quantitative estimate of drug-likeness (QED) is 0.618. The molecule has 17 heavy (non-hydrogen) atoms. The average molecular weight is 250 g/mol. The molecular weight excluding hydrogens is 244 g/mol. The second-order valence-electron chi connectivity index (χ2n) is 3.18. The maximum Gasteiger partial charge on any atom is 0.364 e. The summed E-state index contributed by atoms with van der Waals surface area (Å²) < 4.78 is 0. The molecule has 1 aromatic heterocycles. The number of rotatable bonds is 3. The maximum atomic E-state index is 10.9. The summed E-state index contributed by atoms with van der Waals surface area (Å²) in [7, 11) is 0. The molecule has 0 aliphatic heterocycles. The van der Waals surface area contributed by atoms with Crippen molar-refractivity contribution in [3.8, 4) is 10.4 Å². The molecule has 0 aliphatic rings. The van der Waals surface area contributed by atoms with Gasteiger partial charge in [-0.3, -0.25) is 20.2 Å². The molecular formula is C10H6N2O4S. The Balaban J connectivity index is 2.64. The lowest BCUT2D eigenvalue weighted by Crippen LogP contribution is -1.94. The summed E-state index contributed by atoms with van der Waals surface area (Å²) in [5, 5.41) is 22.8. The lowest BCUT2D eigenvalue weighted by Gasteiger charge is -1.96. The second-order valence-corrected chi connectivity index (χ2v) is 4.06. The van der Waals surface area contributed by atoms with Crippen LogP contribution in [0.2, 0.25) is 0 Å². The first-order chi connectivity index (χ1) is 8.11. The fourth-order valence-corrected chi connectivity index (χ4v) is 2.43. The van der Waals surface area contributed by atoms with Crippen LogP contribution >= 0.6 is 11.3 Å². The zero-order valence-electron chi connectivity index (χ0n) is 8.40. The largest absolute Gasteiger partial charge is 0.364 e. The zero-order chi connectivity index (χ0) is 12.4. The van der Waals surface area contributed by atoms with Crippen LogP contribution in [0.25, 0.3) is 10.4 Å². The molecule has 86 valence electrons. The van der Waals surface area contributed by atoms with Crippen LogP contribution in [0.15, 0.2) is 35.7 Å². The van der Waals surface area contributed by atoms with Gasteiger partial charge in [0.2, 0.25) is 0 Å². The summed E-state index contributed by atoms with van der Waals surface area (Å²) in [5.41, 5.74) is -0.289. The number of thiophene rings is 1. The Morgan fingerprint density at radius 2 is 1.65 bits per heavy atom. The van der Waals surface area contributed by atoms with E-state index in [0.717, 1.165) is 11.3 Å². The van der Waals surface area contributed by atoms with Crippen LogP contribution in [0, 0.1) is 20.2 Å². The predicted molar refractivity (Wildman–Crippen MR) is 63.1 cm³/mol. The highest BCUT2D eigenvalue weighted by molar-refractivity contribution is 7.14. The van der Waals surface area contributed by atoms with E-state index in [9.17, 15) is 20.2 Å². The van der Waals surface area contributed by atoms with Gasteiger partial charge < -0.3 is 0 Å². The van der Waals surface area contributed by atoms with Gasteiger partial charge >= 0.3 is 11.4 Å². The molecule has 6 nitrogen and oxygen atoms in total. The highest BCUT2D eigenvalue weighted by Crippen LogP contribution is 2.42. The Morgan fingerprint density at radius 3 is 2.18 bits per heavy atom. The summed E-state index contributed by atoms with van der Waals surface area (Å²) in [6, 6.07) is 8.59. The van der Waals surface area contributed by atoms with Crippen molar-refractivity contribution in [2.75, 3.05) is 0 Å². The standard InChI is InChI=1S/C10H6N2O4S/c13-11(14)8-6-17-10(9(8)12(15)16)7-4-2-1-3-5-7/h1-6H. The van der Waals surface area contributed by atoms with Gasteiger partial charge in [0.15, 0.2) is 0 Å². The third kappa shape index (κ3) is 2.00. The fourth-order valence-electron chi connectivity index (χ4n) is 1.44. The predicted octanol–water partition coefficient (Wildman–Crippen LogP) is 3.23. The average Bonchev–Trinajstić information content (AvgIpc) is 2.74.